The standard InChI is InChI=1S/C13H26N2O/c1-5-15(10-8-6-7-9-10)12(16)11(14)13(2,3)4/h10-11H,5-9,14H2,1-4H3/t11-/m0/s1. The Bertz CT molecular complexity index is 239. The third-order valence-electron chi connectivity index (χ3n) is 3.59. The second-order valence-corrected chi connectivity index (χ2v) is 5.91. The third-order valence-corrected chi connectivity index (χ3v) is 3.59. The molecule has 3 nitrogen and oxygen atoms in total. The summed E-state index contributed by atoms with van der Waals surface area (Å²) in [6, 6.07) is 0.0546. The molecular weight excluding hydrogens is 200 g/mol. The smallest absolute Gasteiger partial charge is 0.240 e. The lowest BCUT2D eigenvalue weighted by atomic mass is 9.86. The van der Waals surface area contributed by atoms with E-state index in [0.717, 1.165) is 19.4 Å². The molecule has 94 valence electrons. The highest BCUT2D eigenvalue weighted by Gasteiger charge is 2.34. The summed E-state index contributed by atoms with van der Waals surface area (Å²) in [5, 5.41) is 0. The fourth-order valence-corrected chi connectivity index (χ4v) is 2.36. The molecule has 1 aliphatic carbocycles. The van der Waals surface area contributed by atoms with Crippen LogP contribution in [-0.4, -0.2) is 29.4 Å². The highest BCUT2D eigenvalue weighted by atomic mass is 16.2. The van der Waals surface area contributed by atoms with E-state index in [1.54, 1.807) is 0 Å². The molecule has 0 saturated heterocycles. The molecule has 3 heteroatoms. The van der Waals surface area contributed by atoms with Crippen LogP contribution in [0.1, 0.15) is 53.4 Å². The molecule has 1 rings (SSSR count). The lowest BCUT2D eigenvalue weighted by Gasteiger charge is -2.34. The van der Waals surface area contributed by atoms with Crippen LogP contribution in [0.25, 0.3) is 0 Å². The maximum Gasteiger partial charge on any atom is 0.240 e. The van der Waals surface area contributed by atoms with Gasteiger partial charge in [0.05, 0.1) is 6.04 Å². The van der Waals surface area contributed by atoms with Gasteiger partial charge in [-0.3, -0.25) is 4.79 Å². The molecule has 0 aromatic heterocycles. The molecule has 2 N–H and O–H groups in total. The minimum atomic E-state index is -0.381. The van der Waals surface area contributed by atoms with E-state index in [1.807, 2.05) is 32.6 Å². The summed E-state index contributed by atoms with van der Waals surface area (Å²) in [7, 11) is 0. The first-order valence-corrected chi connectivity index (χ1v) is 6.44. The van der Waals surface area contributed by atoms with Gasteiger partial charge in [-0.05, 0) is 25.2 Å². The quantitative estimate of drug-likeness (QED) is 0.801. The van der Waals surface area contributed by atoms with E-state index >= 15 is 0 Å². The number of hydrogen-bond donors (Lipinski definition) is 1. The Morgan fingerprint density at radius 1 is 1.38 bits per heavy atom. The number of amides is 1. The first-order chi connectivity index (χ1) is 7.38. The fraction of sp³-hybridized carbons (Fsp3) is 0.923. The van der Waals surface area contributed by atoms with Crippen molar-refractivity contribution in [1.29, 1.82) is 0 Å². The Morgan fingerprint density at radius 2 is 1.88 bits per heavy atom. The Hall–Kier alpha value is -0.570. The topological polar surface area (TPSA) is 46.3 Å². The zero-order valence-electron chi connectivity index (χ0n) is 11.1. The van der Waals surface area contributed by atoms with Crippen LogP contribution in [0.4, 0.5) is 0 Å². The Labute approximate surface area is 99.4 Å². The van der Waals surface area contributed by atoms with Crippen LogP contribution in [-0.2, 0) is 4.79 Å². The average molecular weight is 226 g/mol. The van der Waals surface area contributed by atoms with Crippen LogP contribution < -0.4 is 5.73 Å². The molecule has 0 heterocycles. The molecule has 1 amide bonds. The molecule has 1 saturated carbocycles. The second-order valence-electron chi connectivity index (χ2n) is 5.91. The molecule has 0 bridgehead atoms. The number of rotatable bonds is 3. The number of nitrogens with zero attached hydrogens (tertiary/aromatic N) is 1. The van der Waals surface area contributed by atoms with E-state index < -0.39 is 0 Å². The maximum absolute atomic E-state index is 12.3. The van der Waals surface area contributed by atoms with Gasteiger partial charge < -0.3 is 10.6 Å². The van der Waals surface area contributed by atoms with Gasteiger partial charge in [-0.15, -0.1) is 0 Å². The van der Waals surface area contributed by atoms with Gasteiger partial charge in [0.2, 0.25) is 5.91 Å². The second kappa shape index (κ2) is 5.17. The summed E-state index contributed by atoms with van der Waals surface area (Å²) in [5.41, 5.74) is 5.90. The van der Waals surface area contributed by atoms with Crippen molar-refractivity contribution in [3.63, 3.8) is 0 Å². The monoisotopic (exact) mass is 226 g/mol. The summed E-state index contributed by atoms with van der Waals surface area (Å²) in [4.78, 5) is 14.3. The minimum Gasteiger partial charge on any atom is -0.339 e. The van der Waals surface area contributed by atoms with Crippen molar-refractivity contribution < 1.29 is 4.79 Å². The van der Waals surface area contributed by atoms with Crippen molar-refractivity contribution in [2.75, 3.05) is 6.54 Å². The van der Waals surface area contributed by atoms with Gasteiger partial charge in [0.1, 0.15) is 0 Å². The molecule has 0 aromatic rings. The SMILES string of the molecule is CCN(C(=O)[C@H](N)C(C)(C)C)C1CCCC1. The lowest BCUT2D eigenvalue weighted by Crippen LogP contribution is -2.52. The summed E-state index contributed by atoms with van der Waals surface area (Å²) in [5.74, 6) is 0.127. The molecular formula is C13H26N2O. The van der Waals surface area contributed by atoms with E-state index in [2.05, 4.69) is 0 Å². The van der Waals surface area contributed by atoms with E-state index in [0.29, 0.717) is 6.04 Å². The molecule has 1 fully saturated rings. The van der Waals surface area contributed by atoms with Gasteiger partial charge in [0.25, 0.3) is 0 Å². The number of carbonyl (C=O) groups excluding carboxylic acids is 1. The first-order valence-electron chi connectivity index (χ1n) is 6.44. The summed E-state index contributed by atoms with van der Waals surface area (Å²) >= 11 is 0. The van der Waals surface area contributed by atoms with Gasteiger partial charge in [-0.2, -0.15) is 0 Å². The minimum absolute atomic E-state index is 0.127. The average Bonchev–Trinajstić information content (AvgIpc) is 2.69. The van der Waals surface area contributed by atoms with Crippen LogP contribution in [0.2, 0.25) is 0 Å². The van der Waals surface area contributed by atoms with Crippen molar-refractivity contribution in [2.24, 2.45) is 11.1 Å². The number of carbonyl (C=O) groups is 1. The Morgan fingerprint density at radius 3 is 2.25 bits per heavy atom. The Kier molecular flexibility index (Phi) is 4.36. The zero-order valence-corrected chi connectivity index (χ0v) is 11.1. The molecule has 0 aliphatic heterocycles. The number of likely N-dealkylation sites (N-methyl/N-ethyl adjacent to an activating group) is 1. The van der Waals surface area contributed by atoms with Gasteiger partial charge in [0.15, 0.2) is 0 Å². The number of nitrogens with two attached hydrogens (primary N) is 1. The maximum atomic E-state index is 12.3. The van der Waals surface area contributed by atoms with Gasteiger partial charge >= 0.3 is 0 Å². The molecule has 0 aromatic carbocycles. The van der Waals surface area contributed by atoms with Crippen molar-refractivity contribution in [3.8, 4) is 0 Å². The predicted octanol–water partition coefficient (Wildman–Crippen LogP) is 2.15. The molecule has 16 heavy (non-hydrogen) atoms. The van der Waals surface area contributed by atoms with Crippen molar-refractivity contribution in [3.05, 3.63) is 0 Å². The molecule has 1 atom stereocenters. The van der Waals surface area contributed by atoms with Gasteiger partial charge in [-0.25, -0.2) is 0 Å². The van der Waals surface area contributed by atoms with Crippen LogP contribution in [0.5, 0.6) is 0 Å². The molecule has 0 unspecified atom stereocenters. The summed E-state index contributed by atoms with van der Waals surface area (Å²) < 4.78 is 0. The van der Waals surface area contributed by atoms with E-state index in [9.17, 15) is 4.79 Å². The highest BCUT2D eigenvalue weighted by molar-refractivity contribution is 5.82. The fourth-order valence-electron chi connectivity index (χ4n) is 2.36. The molecule has 0 radical (unpaired) electrons. The molecule has 0 spiro atoms. The molecule has 1 aliphatic rings. The number of hydrogen-bond acceptors (Lipinski definition) is 2. The van der Waals surface area contributed by atoms with E-state index in [1.165, 1.54) is 12.8 Å². The van der Waals surface area contributed by atoms with Crippen molar-refractivity contribution in [1.82, 2.24) is 4.90 Å². The third kappa shape index (κ3) is 2.97. The summed E-state index contributed by atoms with van der Waals surface area (Å²) in [6.07, 6.45) is 4.80. The van der Waals surface area contributed by atoms with E-state index in [-0.39, 0.29) is 17.4 Å². The normalized spacial score (nSPS) is 19.8. The van der Waals surface area contributed by atoms with Gasteiger partial charge in [-0.1, -0.05) is 33.6 Å². The van der Waals surface area contributed by atoms with Crippen LogP contribution >= 0.6 is 0 Å². The van der Waals surface area contributed by atoms with Crippen molar-refractivity contribution >= 4 is 5.91 Å². The predicted molar refractivity (Wildman–Crippen MR) is 67.1 cm³/mol. The van der Waals surface area contributed by atoms with Crippen LogP contribution in [0, 0.1) is 5.41 Å². The van der Waals surface area contributed by atoms with Crippen LogP contribution in [0.15, 0.2) is 0 Å². The van der Waals surface area contributed by atoms with Crippen molar-refractivity contribution in [2.45, 2.75) is 65.5 Å². The zero-order chi connectivity index (χ0) is 12.3. The Balaban J connectivity index is 2.69. The lowest BCUT2D eigenvalue weighted by molar-refractivity contribution is -0.137. The van der Waals surface area contributed by atoms with E-state index in [4.69, 9.17) is 5.73 Å². The highest BCUT2D eigenvalue weighted by Crippen LogP contribution is 2.26. The van der Waals surface area contributed by atoms with Crippen LogP contribution in [0.3, 0.4) is 0 Å². The largest absolute Gasteiger partial charge is 0.339 e. The first kappa shape index (κ1) is 13.5. The summed E-state index contributed by atoms with van der Waals surface area (Å²) in [6.45, 7) is 8.91. The van der Waals surface area contributed by atoms with Gasteiger partial charge in [0, 0.05) is 12.6 Å².